The molecule has 12 heavy (non-hydrogen) atoms. The SMILES string of the molecule is C1=CC2=C3C=CC=CN3CC2=C1. The molecule has 3 rings (SSSR count). The van der Waals surface area contributed by atoms with Gasteiger partial charge in [-0.1, -0.05) is 24.3 Å². The number of hydrogen-bond acceptors (Lipinski definition) is 1. The molecule has 58 valence electrons. The van der Waals surface area contributed by atoms with Crippen molar-refractivity contribution in [2.24, 2.45) is 0 Å². The topological polar surface area (TPSA) is 3.24 Å². The molecular weight excluding hydrogens is 146 g/mol. The zero-order chi connectivity index (χ0) is 7.97. The number of rotatable bonds is 0. The highest BCUT2D eigenvalue weighted by atomic mass is 15.1. The first-order valence-corrected chi connectivity index (χ1v) is 4.18. The van der Waals surface area contributed by atoms with Crippen LogP contribution in [-0.2, 0) is 0 Å². The summed E-state index contributed by atoms with van der Waals surface area (Å²) >= 11 is 0. The molecule has 0 aromatic carbocycles. The van der Waals surface area contributed by atoms with Gasteiger partial charge in [0.25, 0.3) is 0 Å². The lowest BCUT2D eigenvalue weighted by Gasteiger charge is -2.16. The van der Waals surface area contributed by atoms with Crippen LogP contribution in [0.3, 0.4) is 0 Å². The molecule has 0 N–H and O–H groups in total. The van der Waals surface area contributed by atoms with Crippen molar-refractivity contribution in [1.82, 2.24) is 4.90 Å². The van der Waals surface area contributed by atoms with E-state index in [9.17, 15) is 0 Å². The first kappa shape index (κ1) is 6.06. The largest absolute Gasteiger partial charge is 0.343 e. The fourth-order valence-electron chi connectivity index (χ4n) is 1.89. The second kappa shape index (κ2) is 2.01. The van der Waals surface area contributed by atoms with Gasteiger partial charge in [-0.05, 0) is 17.7 Å². The quantitative estimate of drug-likeness (QED) is 0.518. The average Bonchev–Trinajstić information content (AvgIpc) is 2.62. The van der Waals surface area contributed by atoms with Gasteiger partial charge >= 0.3 is 0 Å². The van der Waals surface area contributed by atoms with Gasteiger partial charge in [-0.25, -0.2) is 0 Å². The van der Waals surface area contributed by atoms with E-state index < -0.39 is 0 Å². The van der Waals surface area contributed by atoms with Gasteiger partial charge in [-0.3, -0.25) is 0 Å². The normalized spacial score (nSPS) is 23.3. The van der Waals surface area contributed by atoms with Crippen molar-refractivity contribution in [3.05, 3.63) is 59.5 Å². The molecule has 0 saturated heterocycles. The van der Waals surface area contributed by atoms with E-state index in [1.807, 2.05) is 0 Å². The minimum Gasteiger partial charge on any atom is -0.343 e. The number of allylic oxidation sites excluding steroid dienone is 6. The van der Waals surface area contributed by atoms with E-state index in [-0.39, 0.29) is 0 Å². The third-order valence-corrected chi connectivity index (χ3v) is 2.46. The third kappa shape index (κ3) is 0.632. The van der Waals surface area contributed by atoms with E-state index in [0.29, 0.717) is 0 Å². The Morgan fingerprint density at radius 3 is 3.08 bits per heavy atom. The van der Waals surface area contributed by atoms with Crippen molar-refractivity contribution in [3.8, 4) is 0 Å². The van der Waals surface area contributed by atoms with Crippen LogP contribution in [0.15, 0.2) is 59.5 Å². The van der Waals surface area contributed by atoms with Crippen LogP contribution in [0.5, 0.6) is 0 Å². The summed E-state index contributed by atoms with van der Waals surface area (Å²) in [5.41, 5.74) is 4.19. The van der Waals surface area contributed by atoms with Crippen LogP contribution in [0.25, 0.3) is 0 Å². The summed E-state index contributed by atoms with van der Waals surface area (Å²) in [6.45, 7) is 1.04. The molecule has 0 fully saturated rings. The molecule has 3 aliphatic rings. The summed E-state index contributed by atoms with van der Waals surface area (Å²) in [5.74, 6) is 0. The van der Waals surface area contributed by atoms with E-state index in [4.69, 9.17) is 0 Å². The summed E-state index contributed by atoms with van der Waals surface area (Å²) < 4.78 is 0. The molecule has 0 aromatic heterocycles. The van der Waals surface area contributed by atoms with Crippen molar-refractivity contribution in [2.45, 2.75) is 0 Å². The maximum absolute atomic E-state index is 2.28. The predicted octanol–water partition coefficient (Wildman–Crippen LogP) is 2.14. The summed E-state index contributed by atoms with van der Waals surface area (Å²) in [5, 5.41) is 0. The highest BCUT2D eigenvalue weighted by Crippen LogP contribution is 2.34. The predicted molar refractivity (Wildman–Crippen MR) is 49.2 cm³/mol. The smallest absolute Gasteiger partial charge is 0.0486 e. The lowest BCUT2D eigenvalue weighted by molar-refractivity contribution is 0.545. The van der Waals surface area contributed by atoms with Crippen LogP contribution in [0.2, 0.25) is 0 Å². The van der Waals surface area contributed by atoms with Gasteiger partial charge in [0.05, 0.1) is 0 Å². The van der Waals surface area contributed by atoms with Crippen molar-refractivity contribution >= 4 is 0 Å². The molecule has 0 aromatic rings. The Balaban J connectivity index is 2.20. The number of hydrogen-bond donors (Lipinski definition) is 0. The number of nitrogens with zero attached hydrogens (tertiary/aromatic N) is 1. The van der Waals surface area contributed by atoms with Gasteiger partial charge < -0.3 is 4.90 Å². The van der Waals surface area contributed by atoms with Crippen LogP contribution in [0.4, 0.5) is 0 Å². The Bertz CT molecular complexity index is 378. The Morgan fingerprint density at radius 1 is 1.08 bits per heavy atom. The first-order valence-electron chi connectivity index (χ1n) is 4.18. The van der Waals surface area contributed by atoms with E-state index in [1.54, 1.807) is 0 Å². The van der Waals surface area contributed by atoms with Gasteiger partial charge in [-0.2, -0.15) is 0 Å². The molecule has 0 radical (unpaired) electrons. The fourth-order valence-corrected chi connectivity index (χ4v) is 1.89. The zero-order valence-electron chi connectivity index (χ0n) is 6.70. The second-order valence-electron chi connectivity index (χ2n) is 3.18. The molecule has 0 unspecified atom stereocenters. The lowest BCUT2D eigenvalue weighted by Crippen LogP contribution is -2.12. The average molecular weight is 155 g/mol. The highest BCUT2D eigenvalue weighted by molar-refractivity contribution is 5.59. The molecule has 1 aliphatic carbocycles. The second-order valence-corrected chi connectivity index (χ2v) is 3.18. The molecule has 1 nitrogen and oxygen atoms in total. The van der Waals surface area contributed by atoms with Crippen LogP contribution in [0.1, 0.15) is 0 Å². The lowest BCUT2D eigenvalue weighted by atomic mass is 10.1. The van der Waals surface area contributed by atoms with E-state index in [2.05, 4.69) is 47.6 Å². The maximum atomic E-state index is 2.28. The van der Waals surface area contributed by atoms with Gasteiger partial charge in [0, 0.05) is 24.0 Å². The minimum atomic E-state index is 1.04. The Labute approximate surface area is 71.7 Å². The molecular formula is C11H9N. The van der Waals surface area contributed by atoms with E-state index in [0.717, 1.165) is 6.54 Å². The van der Waals surface area contributed by atoms with Crippen LogP contribution in [-0.4, -0.2) is 11.4 Å². The molecule has 1 heteroatoms. The molecule has 2 aliphatic heterocycles. The van der Waals surface area contributed by atoms with E-state index in [1.165, 1.54) is 16.8 Å². The Kier molecular flexibility index (Phi) is 1.01. The van der Waals surface area contributed by atoms with Crippen molar-refractivity contribution < 1.29 is 0 Å². The first-order chi connectivity index (χ1) is 5.95. The molecule has 2 heterocycles. The standard InChI is InChI=1S/C11H9N/c1-2-7-12-8-9-4-3-5-10(9)11(12)6-1/h1-7H,8H2. The van der Waals surface area contributed by atoms with Gasteiger partial charge in [0.2, 0.25) is 0 Å². The van der Waals surface area contributed by atoms with Gasteiger partial charge in [-0.15, -0.1) is 0 Å². The molecule has 0 bridgehead atoms. The molecule has 0 amide bonds. The molecule has 0 spiro atoms. The summed E-state index contributed by atoms with van der Waals surface area (Å²) in [7, 11) is 0. The highest BCUT2D eigenvalue weighted by Gasteiger charge is 2.24. The summed E-state index contributed by atoms with van der Waals surface area (Å²) in [6.07, 6.45) is 15.0. The number of fused-ring (bicyclic) bond motifs is 2. The fraction of sp³-hybridized carbons (Fsp3) is 0.0909. The molecule has 0 saturated carbocycles. The van der Waals surface area contributed by atoms with Crippen LogP contribution < -0.4 is 0 Å². The van der Waals surface area contributed by atoms with Crippen molar-refractivity contribution in [2.75, 3.05) is 6.54 Å². The molecule has 0 atom stereocenters. The summed E-state index contributed by atoms with van der Waals surface area (Å²) in [6, 6.07) is 0. The maximum Gasteiger partial charge on any atom is 0.0486 e. The van der Waals surface area contributed by atoms with Gasteiger partial charge in [0.1, 0.15) is 0 Å². The zero-order valence-corrected chi connectivity index (χ0v) is 6.70. The Morgan fingerprint density at radius 2 is 2.08 bits per heavy atom. The van der Waals surface area contributed by atoms with E-state index >= 15 is 0 Å². The minimum absolute atomic E-state index is 1.04. The van der Waals surface area contributed by atoms with Crippen molar-refractivity contribution in [3.63, 3.8) is 0 Å². The summed E-state index contributed by atoms with van der Waals surface area (Å²) in [4.78, 5) is 2.28. The Hall–Kier alpha value is -1.50. The van der Waals surface area contributed by atoms with Crippen LogP contribution in [0, 0.1) is 0 Å². The van der Waals surface area contributed by atoms with Crippen molar-refractivity contribution in [1.29, 1.82) is 0 Å². The van der Waals surface area contributed by atoms with Crippen LogP contribution >= 0.6 is 0 Å². The third-order valence-electron chi connectivity index (χ3n) is 2.46. The van der Waals surface area contributed by atoms with Gasteiger partial charge in [0.15, 0.2) is 0 Å². The monoisotopic (exact) mass is 155 g/mol.